The van der Waals surface area contributed by atoms with Crippen molar-refractivity contribution < 1.29 is 4.79 Å². The van der Waals surface area contributed by atoms with Crippen LogP contribution in [0.15, 0.2) is 34.4 Å². The van der Waals surface area contributed by atoms with Gasteiger partial charge >= 0.3 is 0 Å². The third kappa shape index (κ3) is 3.58. The highest BCUT2D eigenvalue weighted by atomic mass is 79.9. The quantitative estimate of drug-likeness (QED) is 0.892. The minimum Gasteiger partial charge on any atom is -0.383 e. The van der Waals surface area contributed by atoms with Gasteiger partial charge in [-0.3, -0.25) is 9.78 Å². The van der Waals surface area contributed by atoms with Gasteiger partial charge in [-0.2, -0.15) is 0 Å². The van der Waals surface area contributed by atoms with Gasteiger partial charge in [0, 0.05) is 34.5 Å². The van der Waals surface area contributed by atoms with Gasteiger partial charge < -0.3 is 10.2 Å². The number of anilines is 1. The van der Waals surface area contributed by atoms with Crippen molar-refractivity contribution in [3.8, 4) is 0 Å². The predicted octanol–water partition coefficient (Wildman–Crippen LogP) is 3.61. The molecule has 20 heavy (non-hydrogen) atoms. The molecule has 2 heterocycles. The number of amides is 1. The Bertz CT molecular complexity index is 600. The molecule has 0 radical (unpaired) electrons. The zero-order chi connectivity index (χ0) is 14.5. The Balaban J connectivity index is 2.14. The molecule has 0 bridgehead atoms. The van der Waals surface area contributed by atoms with Crippen molar-refractivity contribution in [1.82, 2.24) is 9.88 Å². The molecule has 4 nitrogen and oxygen atoms in total. The third-order valence-corrected chi connectivity index (χ3v) is 4.46. The first kappa shape index (κ1) is 15.0. The molecular weight excluding hydrogens is 338 g/mol. The topological polar surface area (TPSA) is 45.2 Å². The van der Waals surface area contributed by atoms with Crippen LogP contribution in [-0.2, 0) is 6.54 Å². The Labute approximate surface area is 131 Å². The third-order valence-electron chi connectivity index (χ3n) is 2.78. The molecule has 2 rings (SSSR count). The van der Waals surface area contributed by atoms with Crippen molar-refractivity contribution in [2.75, 3.05) is 18.9 Å². The number of pyridine rings is 1. The summed E-state index contributed by atoms with van der Waals surface area (Å²) in [5.74, 6) is -0.00660. The molecule has 0 aliphatic rings. The van der Waals surface area contributed by atoms with E-state index in [9.17, 15) is 4.79 Å². The van der Waals surface area contributed by atoms with Crippen LogP contribution in [0.4, 0.5) is 5.69 Å². The van der Waals surface area contributed by atoms with E-state index in [0.717, 1.165) is 21.6 Å². The minimum absolute atomic E-state index is 0.00660. The lowest BCUT2D eigenvalue weighted by atomic mass is 10.2. The molecule has 0 saturated carbocycles. The summed E-state index contributed by atoms with van der Waals surface area (Å²) in [6.07, 6.45) is 3.33. The summed E-state index contributed by atoms with van der Waals surface area (Å²) >= 11 is 5.06. The summed E-state index contributed by atoms with van der Waals surface area (Å²) in [5.41, 5.74) is 1.43. The smallest absolute Gasteiger partial charge is 0.256 e. The van der Waals surface area contributed by atoms with Crippen molar-refractivity contribution in [3.63, 3.8) is 0 Å². The molecule has 1 amide bonds. The monoisotopic (exact) mass is 353 g/mol. The maximum absolute atomic E-state index is 12.5. The van der Waals surface area contributed by atoms with Gasteiger partial charge in [-0.25, -0.2) is 0 Å². The molecule has 0 aromatic carbocycles. The first-order valence-electron chi connectivity index (χ1n) is 6.28. The molecule has 0 unspecified atom stereocenters. The van der Waals surface area contributed by atoms with Crippen molar-refractivity contribution in [3.05, 3.63) is 44.8 Å². The average molecular weight is 354 g/mol. The standard InChI is InChI=1S/C14H16BrN3OS/c1-3-17-13-7-16-5-4-12(13)14(19)18(2)8-11-6-10(15)9-20-11/h4-7,9,17H,3,8H2,1-2H3. The number of aromatic nitrogens is 1. The molecule has 0 aliphatic heterocycles. The molecule has 106 valence electrons. The summed E-state index contributed by atoms with van der Waals surface area (Å²) in [5, 5.41) is 5.18. The number of nitrogens with zero attached hydrogens (tertiary/aromatic N) is 2. The van der Waals surface area contributed by atoms with Crippen LogP contribution < -0.4 is 5.32 Å². The number of rotatable bonds is 5. The van der Waals surface area contributed by atoms with E-state index < -0.39 is 0 Å². The van der Waals surface area contributed by atoms with Crippen molar-refractivity contribution >= 4 is 38.9 Å². The normalized spacial score (nSPS) is 10.3. The van der Waals surface area contributed by atoms with Gasteiger partial charge in [0.1, 0.15) is 0 Å². The van der Waals surface area contributed by atoms with Crippen LogP contribution in [0.3, 0.4) is 0 Å². The molecule has 0 saturated heterocycles. The van der Waals surface area contributed by atoms with E-state index in [1.165, 1.54) is 0 Å². The Morgan fingerprint density at radius 1 is 1.55 bits per heavy atom. The number of carbonyl (C=O) groups excluding carboxylic acids is 1. The molecule has 2 aromatic heterocycles. The second-order valence-electron chi connectivity index (χ2n) is 4.34. The van der Waals surface area contributed by atoms with Crippen molar-refractivity contribution in [1.29, 1.82) is 0 Å². The molecule has 6 heteroatoms. The van der Waals surface area contributed by atoms with E-state index in [0.29, 0.717) is 12.1 Å². The first-order valence-corrected chi connectivity index (χ1v) is 7.95. The average Bonchev–Trinajstić information content (AvgIpc) is 2.84. The van der Waals surface area contributed by atoms with E-state index >= 15 is 0 Å². The summed E-state index contributed by atoms with van der Waals surface area (Å²) in [7, 11) is 1.81. The van der Waals surface area contributed by atoms with Crippen LogP contribution in [0.5, 0.6) is 0 Å². The van der Waals surface area contributed by atoms with Gasteiger partial charge in [-0.05, 0) is 35.0 Å². The maximum atomic E-state index is 12.5. The summed E-state index contributed by atoms with van der Waals surface area (Å²) in [4.78, 5) is 19.4. The highest BCUT2D eigenvalue weighted by molar-refractivity contribution is 9.10. The number of hydrogen-bond donors (Lipinski definition) is 1. The Hall–Kier alpha value is -1.40. The minimum atomic E-state index is -0.00660. The second-order valence-corrected chi connectivity index (χ2v) is 6.26. The van der Waals surface area contributed by atoms with Gasteiger partial charge in [-0.1, -0.05) is 0 Å². The number of halogens is 1. The van der Waals surface area contributed by atoms with Gasteiger partial charge in [0.05, 0.1) is 24.0 Å². The van der Waals surface area contributed by atoms with Crippen molar-refractivity contribution in [2.24, 2.45) is 0 Å². The van der Waals surface area contributed by atoms with Crippen LogP contribution in [0.1, 0.15) is 22.2 Å². The number of hydrogen-bond acceptors (Lipinski definition) is 4. The maximum Gasteiger partial charge on any atom is 0.256 e. The van der Waals surface area contributed by atoms with E-state index in [2.05, 4.69) is 26.2 Å². The molecular formula is C14H16BrN3OS. The van der Waals surface area contributed by atoms with Crippen LogP contribution in [-0.4, -0.2) is 29.4 Å². The van der Waals surface area contributed by atoms with Crippen molar-refractivity contribution in [2.45, 2.75) is 13.5 Å². The van der Waals surface area contributed by atoms with Gasteiger partial charge in [-0.15, -0.1) is 11.3 Å². The van der Waals surface area contributed by atoms with E-state index in [1.54, 1.807) is 34.7 Å². The van der Waals surface area contributed by atoms with Crippen LogP contribution in [0, 0.1) is 0 Å². The SMILES string of the molecule is CCNc1cnccc1C(=O)N(C)Cc1cc(Br)cs1. The molecule has 0 fully saturated rings. The summed E-state index contributed by atoms with van der Waals surface area (Å²) in [6.45, 7) is 3.35. The predicted molar refractivity (Wildman–Crippen MR) is 86.2 cm³/mol. The lowest BCUT2D eigenvalue weighted by Crippen LogP contribution is -2.26. The summed E-state index contributed by atoms with van der Waals surface area (Å²) in [6, 6.07) is 3.79. The second kappa shape index (κ2) is 6.85. The fourth-order valence-corrected chi connectivity index (χ4v) is 3.36. The molecule has 0 aliphatic carbocycles. The van der Waals surface area contributed by atoms with Crippen LogP contribution in [0.2, 0.25) is 0 Å². The lowest BCUT2D eigenvalue weighted by molar-refractivity contribution is 0.0787. The summed E-state index contributed by atoms with van der Waals surface area (Å²) < 4.78 is 1.05. The molecule has 0 spiro atoms. The van der Waals surface area contributed by atoms with E-state index in [1.807, 2.05) is 25.4 Å². The largest absolute Gasteiger partial charge is 0.383 e. The highest BCUT2D eigenvalue weighted by Gasteiger charge is 2.16. The molecule has 1 N–H and O–H groups in total. The Morgan fingerprint density at radius 3 is 3.00 bits per heavy atom. The number of nitrogens with one attached hydrogen (secondary N) is 1. The fraction of sp³-hybridized carbons (Fsp3) is 0.286. The van der Waals surface area contributed by atoms with Gasteiger partial charge in [0.2, 0.25) is 0 Å². The Kier molecular flexibility index (Phi) is 5.14. The fourth-order valence-electron chi connectivity index (χ4n) is 1.86. The van der Waals surface area contributed by atoms with Gasteiger partial charge in [0.15, 0.2) is 0 Å². The molecule has 0 atom stereocenters. The molecule has 2 aromatic rings. The van der Waals surface area contributed by atoms with E-state index in [-0.39, 0.29) is 5.91 Å². The number of thiophene rings is 1. The highest BCUT2D eigenvalue weighted by Crippen LogP contribution is 2.22. The van der Waals surface area contributed by atoms with E-state index in [4.69, 9.17) is 0 Å². The zero-order valence-corrected chi connectivity index (χ0v) is 13.8. The lowest BCUT2D eigenvalue weighted by Gasteiger charge is -2.18. The zero-order valence-electron chi connectivity index (χ0n) is 11.4. The van der Waals surface area contributed by atoms with Crippen LogP contribution >= 0.6 is 27.3 Å². The van der Waals surface area contributed by atoms with Crippen LogP contribution in [0.25, 0.3) is 0 Å². The Morgan fingerprint density at radius 2 is 2.35 bits per heavy atom. The van der Waals surface area contributed by atoms with Gasteiger partial charge in [0.25, 0.3) is 5.91 Å². The number of carbonyl (C=O) groups is 1. The first-order chi connectivity index (χ1) is 9.61.